The van der Waals surface area contributed by atoms with Crippen molar-refractivity contribution in [3.05, 3.63) is 65.7 Å². The first-order chi connectivity index (χ1) is 12.1. The topological polar surface area (TPSA) is 38.8 Å². The summed E-state index contributed by atoms with van der Waals surface area (Å²) in [6.45, 7) is 6.30. The van der Waals surface area contributed by atoms with Crippen LogP contribution in [0.5, 0.6) is 5.75 Å². The third-order valence-corrected chi connectivity index (χ3v) is 4.11. The molecule has 2 aromatic rings. The van der Waals surface area contributed by atoms with Crippen LogP contribution in [-0.2, 0) is 11.3 Å². The van der Waals surface area contributed by atoms with Gasteiger partial charge in [0.2, 0.25) is 0 Å². The van der Waals surface area contributed by atoms with Gasteiger partial charge in [-0.1, -0.05) is 30.3 Å². The molecule has 0 unspecified atom stereocenters. The molecule has 0 amide bonds. The zero-order chi connectivity index (χ0) is 18.1. The summed E-state index contributed by atoms with van der Waals surface area (Å²) in [7, 11) is 2.11. The Bertz CT molecular complexity index is 638. The molecule has 0 radical (unpaired) electrons. The van der Waals surface area contributed by atoms with Crippen molar-refractivity contribution in [3.63, 3.8) is 0 Å². The Hall–Kier alpha value is -2.33. The van der Waals surface area contributed by atoms with E-state index in [4.69, 9.17) is 9.47 Å². The van der Waals surface area contributed by atoms with Crippen molar-refractivity contribution in [2.75, 3.05) is 20.2 Å². The average Bonchev–Trinajstić information content (AvgIpc) is 2.64. The third-order valence-electron chi connectivity index (χ3n) is 4.11. The van der Waals surface area contributed by atoms with Gasteiger partial charge in [0.15, 0.2) is 0 Å². The molecule has 0 spiro atoms. The van der Waals surface area contributed by atoms with Crippen LogP contribution in [0.4, 0.5) is 0 Å². The van der Waals surface area contributed by atoms with Crippen LogP contribution in [0.1, 0.15) is 36.2 Å². The molecule has 2 aromatic carbocycles. The molecule has 4 nitrogen and oxygen atoms in total. The molecule has 0 saturated heterocycles. The molecule has 0 bridgehead atoms. The summed E-state index contributed by atoms with van der Waals surface area (Å²) in [6, 6.07) is 17.3. The normalized spacial score (nSPS) is 10.9. The van der Waals surface area contributed by atoms with Gasteiger partial charge in [0, 0.05) is 12.6 Å². The van der Waals surface area contributed by atoms with E-state index in [0.29, 0.717) is 18.2 Å². The van der Waals surface area contributed by atoms with Crippen molar-refractivity contribution in [1.29, 1.82) is 0 Å². The first-order valence-electron chi connectivity index (χ1n) is 8.70. The summed E-state index contributed by atoms with van der Waals surface area (Å²) < 4.78 is 11.0. The largest absolute Gasteiger partial charge is 0.494 e. The zero-order valence-electron chi connectivity index (χ0n) is 15.3. The van der Waals surface area contributed by atoms with E-state index in [1.165, 1.54) is 0 Å². The molecule has 0 aromatic heterocycles. The second-order valence-corrected chi connectivity index (χ2v) is 6.36. The smallest absolute Gasteiger partial charge is 0.338 e. The van der Waals surface area contributed by atoms with Crippen molar-refractivity contribution in [1.82, 2.24) is 4.90 Å². The lowest BCUT2D eigenvalue weighted by molar-refractivity contribution is 0.0472. The fourth-order valence-electron chi connectivity index (χ4n) is 2.26. The monoisotopic (exact) mass is 341 g/mol. The average molecular weight is 341 g/mol. The summed E-state index contributed by atoms with van der Waals surface area (Å²) in [4.78, 5) is 14.3. The molecule has 2 rings (SSSR count). The van der Waals surface area contributed by atoms with Crippen LogP contribution in [-0.4, -0.2) is 37.1 Å². The predicted molar refractivity (Wildman–Crippen MR) is 99.9 cm³/mol. The van der Waals surface area contributed by atoms with Gasteiger partial charge < -0.3 is 14.4 Å². The number of rotatable bonds is 9. The molecular formula is C21H27NO3. The van der Waals surface area contributed by atoms with Gasteiger partial charge in [-0.25, -0.2) is 4.79 Å². The Kier molecular flexibility index (Phi) is 7.48. The molecule has 0 aliphatic rings. The fourth-order valence-corrected chi connectivity index (χ4v) is 2.26. The maximum Gasteiger partial charge on any atom is 0.338 e. The fraction of sp³-hybridized carbons (Fsp3) is 0.381. The number of ether oxygens (including phenoxy) is 2. The minimum Gasteiger partial charge on any atom is -0.494 e. The molecule has 0 N–H and O–H groups in total. The quantitative estimate of drug-likeness (QED) is 0.507. The lowest BCUT2D eigenvalue weighted by atomic mass is 10.2. The van der Waals surface area contributed by atoms with Gasteiger partial charge in [0.25, 0.3) is 0 Å². The predicted octanol–water partition coefficient (Wildman–Crippen LogP) is 4.15. The van der Waals surface area contributed by atoms with E-state index >= 15 is 0 Å². The van der Waals surface area contributed by atoms with E-state index in [1.807, 2.05) is 42.5 Å². The molecule has 134 valence electrons. The summed E-state index contributed by atoms with van der Waals surface area (Å²) in [5.41, 5.74) is 1.50. The van der Waals surface area contributed by atoms with Gasteiger partial charge in [-0.3, -0.25) is 0 Å². The number of carbonyl (C=O) groups is 1. The number of hydrogen-bond donors (Lipinski definition) is 0. The van der Waals surface area contributed by atoms with Gasteiger partial charge in [0.05, 0.1) is 12.2 Å². The van der Waals surface area contributed by atoms with Crippen molar-refractivity contribution < 1.29 is 14.3 Å². The molecule has 0 heterocycles. The third kappa shape index (κ3) is 6.59. The molecule has 25 heavy (non-hydrogen) atoms. The van der Waals surface area contributed by atoms with Gasteiger partial charge in [-0.05, 0) is 57.1 Å². The molecule has 0 aliphatic carbocycles. The first-order valence-corrected chi connectivity index (χ1v) is 8.70. The van der Waals surface area contributed by atoms with Crippen molar-refractivity contribution in [2.45, 2.75) is 32.9 Å². The van der Waals surface area contributed by atoms with Crippen LogP contribution in [0.2, 0.25) is 0 Å². The van der Waals surface area contributed by atoms with Gasteiger partial charge >= 0.3 is 5.97 Å². The highest BCUT2D eigenvalue weighted by molar-refractivity contribution is 5.89. The minimum absolute atomic E-state index is 0.279. The minimum atomic E-state index is -0.325. The number of esters is 1. The number of hydrogen-bond acceptors (Lipinski definition) is 4. The Labute approximate surface area is 150 Å². The van der Waals surface area contributed by atoms with Crippen LogP contribution >= 0.6 is 0 Å². The molecule has 0 saturated carbocycles. The first kappa shape index (κ1) is 19.0. The summed E-state index contributed by atoms with van der Waals surface area (Å²) in [5.74, 6) is 0.445. The number of nitrogens with zero attached hydrogens (tertiary/aromatic N) is 1. The Balaban J connectivity index is 1.74. The van der Waals surface area contributed by atoms with Gasteiger partial charge in [0.1, 0.15) is 12.4 Å². The van der Waals surface area contributed by atoms with Gasteiger partial charge in [-0.2, -0.15) is 0 Å². The van der Waals surface area contributed by atoms with Crippen LogP contribution < -0.4 is 4.74 Å². The SMILES string of the molecule is CC(C)N(C)CCCOc1ccc(C(=O)OCc2ccccc2)cc1. The Morgan fingerprint density at radius 2 is 1.72 bits per heavy atom. The summed E-state index contributed by atoms with van der Waals surface area (Å²) in [5, 5.41) is 0. The lowest BCUT2D eigenvalue weighted by Gasteiger charge is -2.20. The maximum absolute atomic E-state index is 12.1. The molecule has 0 fully saturated rings. The van der Waals surface area contributed by atoms with E-state index in [9.17, 15) is 4.79 Å². The highest BCUT2D eigenvalue weighted by atomic mass is 16.5. The second-order valence-electron chi connectivity index (χ2n) is 6.36. The molecule has 0 atom stereocenters. The van der Waals surface area contributed by atoms with Gasteiger partial charge in [-0.15, -0.1) is 0 Å². The molecule has 4 heteroatoms. The lowest BCUT2D eigenvalue weighted by Crippen LogP contribution is -2.28. The van der Waals surface area contributed by atoms with E-state index in [1.54, 1.807) is 12.1 Å². The van der Waals surface area contributed by atoms with Crippen LogP contribution in [0.15, 0.2) is 54.6 Å². The second kappa shape index (κ2) is 9.84. The van der Waals surface area contributed by atoms with E-state index in [2.05, 4.69) is 25.8 Å². The zero-order valence-corrected chi connectivity index (χ0v) is 15.3. The highest BCUT2D eigenvalue weighted by Crippen LogP contribution is 2.14. The van der Waals surface area contributed by atoms with Crippen LogP contribution in [0, 0.1) is 0 Å². The summed E-state index contributed by atoms with van der Waals surface area (Å²) >= 11 is 0. The van der Waals surface area contributed by atoms with Crippen molar-refractivity contribution in [3.8, 4) is 5.75 Å². The Morgan fingerprint density at radius 1 is 1.04 bits per heavy atom. The Morgan fingerprint density at radius 3 is 2.36 bits per heavy atom. The van der Waals surface area contributed by atoms with E-state index < -0.39 is 0 Å². The van der Waals surface area contributed by atoms with Crippen LogP contribution in [0.25, 0.3) is 0 Å². The van der Waals surface area contributed by atoms with Crippen LogP contribution in [0.3, 0.4) is 0 Å². The highest BCUT2D eigenvalue weighted by Gasteiger charge is 2.08. The number of carbonyl (C=O) groups excluding carboxylic acids is 1. The summed E-state index contributed by atoms with van der Waals surface area (Å²) in [6.07, 6.45) is 0.968. The number of benzene rings is 2. The standard InChI is InChI=1S/C21H27NO3/c1-17(2)22(3)14-7-15-24-20-12-10-19(11-13-20)21(23)25-16-18-8-5-4-6-9-18/h4-6,8-13,17H,7,14-16H2,1-3H3. The van der Waals surface area contributed by atoms with Crippen molar-refractivity contribution in [2.24, 2.45) is 0 Å². The van der Waals surface area contributed by atoms with E-state index in [-0.39, 0.29) is 12.6 Å². The van der Waals surface area contributed by atoms with Crippen molar-refractivity contribution >= 4 is 5.97 Å². The van der Waals surface area contributed by atoms with E-state index in [0.717, 1.165) is 24.3 Å². The molecule has 0 aliphatic heterocycles. The molecular weight excluding hydrogens is 314 g/mol. The maximum atomic E-state index is 12.1.